The number of hydrogen-bond donors (Lipinski definition) is 1. The van der Waals surface area contributed by atoms with Crippen LogP contribution >= 0.6 is 0 Å². The molecule has 0 heterocycles. The second kappa shape index (κ2) is 4.77. The number of nitriles is 1. The Kier molecular flexibility index (Phi) is 3.41. The molecule has 0 spiro atoms. The summed E-state index contributed by atoms with van der Waals surface area (Å²) in [5.74, 6) is 0. The van der Waals surface area contributed by atoms with Gasteiger partial charge in [-0.05, 0) is 12.1 Å². The number of nitrogens with one attached hydrogen (secondary N) is 1. The summed E-state index contributed by atoms with van der Waals surface area (Å²) in [4.78, 5) is 9.89. The van der Waals surface area contributed by atoms with Crippen molar-refractivity contribution in [2.45, 2.75) is 0 Å². The largest absolute Gasteiger partial charge is 0.380 e. The summed E-state index contributed by atoms with van der Waals surface area (Å²) in [6.45, 7) is 3.84. The number of anilines is 1. The molecule has 0 aliphatic heterocycles. The fraction of sp³-hybridized carbons (Fsp3) is 0.100. The lowest BCUT2D eigenvalue weighted by molar-refractivity contribution is -0.384. The van der Waals surface area contributed by atoms with E-state index in [0.717, 1.165) is 5.69 Å². The van der Waals surface area contributed by atoms with Crippen LogP contribution in [-0.2, 0) is 0 Å². The van der Waals surface area contributed by atoms with E-state index in [4.69, 9.17) is 5.26 Å². The van der Waals surface area contributed by atoms with Crippen LogP contribution in [0.15, 0.2) is 36.4 Å². The molecule has 15 heavy (non-hydrogen) atoms. The van der Waals surface area contributed by atoms with Gasteiger partial charge in [0.15, 0.2) is 0 Å². The third-order valence-electron chi connectivity index (χ3n) is 1.74. The van der Waals surface area contributed by atoms with Crippen LogP contribution in [0, 0.1) is 21.4 Å². The fourth-order valence-corrected chi connectivity index (χ4v) is 0.949. The fourth-order valence-electron chi connectivity index (χ4n) is 0.949. The maximum Gasteiger partial charge on any atom is 0.269 e. The standard InChI is InChI=1S/C10H9N3O2/c1-8(6-11)7-12-9-2-4-10(5-3-9)13(14)15/h2-5,12H,1,7H2. The molecule has 5 heteroatoms. The van der Waals surface area contributed by atoms with E-state index in [-0.39, 0.29) is 5.69 Å². The van der Waals surface area contributed by atoms with Crippen molar-refractivity contribution < 1.29 is 4.92 Å². The Morgan fingerprint density at radius 3 is 2.60 bits per heavy atom. The lowest BCUT2D eigenvalue weighted by atomic mass is 10.2. The van der Waals surface area contributed by atoms with E-state index in [1.165, 1.54) is 12.1 Å². The Labute approximate surface area is 86.8 Å². The van der Waals surface area contributed by atoms with Crippen LogP contribution < -0.4 is 5.32 Å². The molecule has 0 atom stereocenters. The lowest BCUT2D eigenvalue weighted by Crippen LogP contribution is -2.02. The van der Waals surface area contributed by atoms with Gasteiger partial charge in [-0.1, -0.05) is 6.58 Å². The second-order valence-corrected chi connectivity index (χ2v) is 2.87. The van der Waals surface area contributed by atoms with Crippen LogP contribution in [-0.4, -0.2) is 11.5 Å². The number of hydrogen-bond acceptors (Lipinski definition) is 4. The van der Waals surface area contributed by atoms with E-state index in [9.17, 15) is 10.1 Å². The minimum atomic E-state index is -0.460. The predicted molar refractivity (Wildman–Crippen MR) is 56.3 cm³/mol. The summed E-state index contributed by atoms with van der Waals surface area (Å²) >= 11 is 0. The first-order chi connectivity index (χ1) is 7.13. The zero-order chi connectivity index (χ0) is 11.3. The van der Waals surface area contributed by atoms with Crippen molar-refractivity contribution in [1.29, 1.82) is 5.26 Å². The van der Waals surface area contributed by atoms with Gasteiger partial charge >= 0.3 is 0 Å². The number of non-ortho nitro benzene ring substituents is 1. The van der Waals surface area contributed by atoms with Gasteiger partial charge in [-0.2, -0.15) is 5.26 Å². The average molecular weight is 203 g/mol. The maximum absolute atomic E-state index is 10.4. The van der Waals surface area contributed by atoms with Crippen LogP contribution in [0.4, 0.5) is 11.4 Å². The maximum atomic E-state index is 10.4. The van der Waals surface area contributed by atoms with Crippen LogP contribution in [0.3, 0.4) is 0 Å². The summed E-state index contributed by atoms with van der Waals surface area (Å²) in [5, 5.41) is 21.7. The third-order valence-corrected chi connectivity index (χ3v) is 1.74. The van der Waals surface area contributed by atoms with Crippen LogP contribution in [0.25, 0.3) is 0 Å². The first-order valence-electron chi connectivity index (χ1n) is 4.19. The topological polar surface area (TPSA) is 79.0 Å². The molecule has 0 amide bonds. The third kappa shape index (κ3) is 3.12. The minimum absolute atomic E-state index is 0.0414. The van der Waals surface area contributed by atoms with Crippen molar-refractivity contribution in [3.63, 3.8) is 0 Å². The van der Waals surface area contributed by atoms with E-state index in [0.29, 0.717) is 12.1 Å². The highest BCUT2D eigenvalue weighted by Crippen LogP contribution is 2.15. The molecular weight excluding hydrogens is 194 g/mol. The lowest BCUT2D eigenvalue weighted by Gasteiger charge is -2.03. The molecule has 0 aromatic heterocycles. The molecule has 5 nitrogen and oxygen atoms in total. The van der Waals surface area contributed by atoms with Gasteiger partial charge in [0.25, 0.3) is 5.69 Å². The van der Waals surface area contributed by atoms with E-state index >= 15 is 0 Å². The Morgan fingerprint density at radius 1 is 1.53 bits per heavy atom. The summed E-state index contributed by atoms with van der Waals surface area (Å²) in [7, 11) is 0. The highest BCUT2D eigenvalue weighted by molar-refractivity contribution is 5.49. The number of rotatable bonds is 4. The van der Waals surface area contributed by atoms with Crippen molar-refractivity contribution in [3.8, 4) is 6.07 Å². The van der Waals surface area contributed by atoms with Crippen LogP contribution in [0.1, 0.15) is 0 Å². The number of benzene rings is 1. The van der Waals surface area contributed by atoms with E-state index in [2.05, 4.69) is 11.9 Å². The van der Waals surface area contributed by atoms with Gasteiger partial charge in [0.05, 0.1) is 11.0 Å². The summed E-state index contributed by atoms with van der Waals surface area (Å²) in [6.07, 6.45) is 0. The number of nitro benzene ring substituents is 1. The molecule has 0 saturated heterocycles. The second-order valence-electron chi connectivity index (χ2n) is 2.87. The molecule has 0 aliphatic carbocycles. The smallest absolute Gasteiger partial charge is 0.269 e. The van der Waals surface area contributed by atoms with Crippen molar-refractivity contribution in [1.82, 2.24) is 0 Å². The summed E-state index contributed by atoms with van der Waals surface area (Å²) in [5.41, 5.74) is 1.17. The highest BCUT2D eigenvalue weighted by Gasteiger charge is 2.03. The van der Waals surface area contributed by atoms with Gasteiger partial charge < -0.3 is 5.32 Å². The molecule has 1 aromatic rings. The van der Waals surface area contributed by atoms with Gasteiger partial charge in [0.1, 0.15) is 0 Å². The first-order valence-corrected chi connectivity index (χ1v) is 4.19. The quantitative estimate of drug-likeness (QED) is 0.461. The molecular formula is C10H9N3O2. The molecule has 0 saturated carbocycles. The van der Waals surface area contributed by atoms with Gasteiger partial charge in [0, 0.05) is 29.9 Å². The summed E-state index contributed by atoms with van der Waals surface area (Å²) in [6, 6.07) is 7.87. The average Bonchev–Trinajstić information content (AvgIpc) is 2.26. The van der Waals surface area contributed by atoms with Gasteiger partial charge in [-0.25, -0.2) is 0 Å². The van der Waals surface area contributed by atoms with Gasteiger partial charge in [0.2, 0.25) is 0 Å². The number of nitrogens with zero attached hydrogens (tertiary/aromatic N) is 2. The molecule has 0 aliphatic rings. The molecule has 1 aromatic carbocycles. The van der Waals surface area contributed by atoms with Crippen molar-refractivity contribution in [2.24, 2.45) is 0 Å². The number of nitro groups is 1. The molecule has 0 fully saturated rings. The minimum Gasteiger partial charge on any atom is -0.380 e. The van der Waals surface area contributed by atoms with Crippen LogP contribution in [0.2, 0.25) is 0 Å². The zero-order valence-electron chi connectivity index (χ0n) is 7.93. The van der Waals surface area contributed by atoms with E-state index in [1.807, 2.05) is 6.07 Å². The van der Waals surface area contributed by atoms with Crippen LogP contribution in [0.5, 0.6) is 0 Å². The van der Waals surface area contributed by atoms with Crippen molar-refractivity contribution >= 4 is 11.4 Å². The van der Waals surface area contributed by atoms with Gasteiger partial charge in [-0.15, -0.1) is 0 Å². The Bertz CT molecular complexity index is 417. The molecule has 0 bridgehead atoms. The van der Waals surface area contributed by atoms with Crippen molar-refractivity contribution in [3.05, 3.63) is 46.5 Å². The monoisotopic (exact) mass is 203 g/mol. The van der Waals surface area contributed by atoms with E-state index in [1.54, 1.807) is 12.1 Å². The SMILES string of the molecule is C=C(C#N)CNc1ccc([N+](=O)[O-])cc1. The van der Waals surface area contributed by atoms with E-state index < -0.39 is 4.92 Å². The first kappa shape index (κ1) is 10.7. The summed E-state index contributed by atoms with van der Waals surface area (Å²) < 4.78 is 0. The molecule has 0 radical (unpaired) electrons. The van der Waals surface area contributed by atoms with Gasteiger partial charge in [-0.3, -0.25) is 10.1 Å². The Hall–Kier alpha value is -2.35. The normalized spacial score (nSPS) is 9.00. The Morgan fingerprint density at radius 2 is 2.13 bits per heavy atom. The zero-order valence-corrected chi connectivity index (χ0v) is 7.93. The molecule has 0 unspecified atom stereocenters. The molecule has 1 rings (SSSR count). The predicted octanol–water partition coefficient (Wildman–Crippen LogP) is 2.09. The van der Waals surface area contributed by atoms with Crippen molar-refractivity contribution in [2.75, 3.05) is 11.9 Å². The highest BCUT2D eigenvalue weighted by atomic mass is 16.6. The Balaban J connectivity index is 2.62. The molecule has 76 valence electrons. The molecule has 1 N–H and O–H groups in total.